The van der Waals surface area contributed by atoms with Crippen molar-refractivity contribution in [3.05, 3.63) is 0 Å². The van der Waals surface area contributed by atoms with E-state index in [4.69, 9.17) is 5.73 Å². The average Bonchev–Trinajstić information content (AvgIpc) is 2.95. The molecule has 0 saturated heterocycles. The van der Waals surface area contributed by atoms with E-state index >= 15 is 0 Å². The second-order valence-electron chi connectivity index (χ2n) is 5.56. The van der Waals surface area contributed by atoms with E-state index in [0.717, 1.165) is 6.42 Å². The van der Waals surface area contributed by atoms with Gasteiger partial charge in [-0.3, -0.25) is 4.79 Å². The van der Waals surface area contributed by atoms with Gasteiger partial charge in [-0.25, -0.2) is 0 Å². The molecule has 0 radical (unpaired) electrons. The molecule has 106 valence electrons. The monoisotopic (exact) mass is 266 g/mol. The predicted molar refractivity (Wildman–Crippen MR) is 62.8 cm³/mol. The molecule has 0 spiro atoms. The molecule has 3 nitrogen and oxygen atoms in total. The Morgan fingerprint density at radius 2 is 1.94 bits per heavy atom. The highest BCUT2D eigenvalue weighted by molar-refractivity contribution is 5.77. The minimum absolute atomic E-state index is 0.0142. The lowest BCUT2D eigenvalue weighted by Crippen LogP contribution is -2.48. The van der Waals surface area contributed by atoms with Crippen molar-refractivity contribution in [1.29, 1.82) is 0 Å². The van der Waals surface area contributed by atoms with Crippen molar-refractivity contribution < 1.29 is 18.0 Å². The minimum atomic E-state index is -4.35. The molecule has 1 aliphatic rings. The summed E-state index contributed by atoms with van der Waals surface area (Å²) in [5.41, 5.74) is 3.58. The predicted octanol–water partition coefficient (Wildman–Crippen LogP) is 2.21. The van der Waals surface area contributed by atoms with Crippen LogP contribution in [0.3, 0.4) is 0 Å². The van der Waals surface area contributed by atoms with Crippen LogP contribution in [0.4, 0.5) is 13.2 Å². The Balaban J connectivity index is 2.47. The van der Waals surface area contributed by atoms with E-state index in [2.05, 4.69) is 5.32 Å². The molecule has 1 amide bonds. The van der Waals surface area contributed by atoms with Gasteiger partial charge in [-0.1, -0.05) is 13.8 Å². The number of carbonyl (C=O) groups is 1. The van der Waals surface area contributed by atoms with E-state index in [1.165, 1.54) is 0 Å². The number of halogens is 3. The lowest BCUT2D eigenvalue weighted by molar-refractivity contribution is -0.170. The third-order valence-corrected chi connectivity index (χ3v) is 3.28. The number of rotatable bonds is 6. The first-order valence-electron chi connectivity index (χ1n) is 6.28. The largest absolute Gasteiger partial charge is 0.411 e. The Hall–Kier alpha value is -0.780. The van der Waals surface area contributed by atoms with Crippen LogP contribution in [0.15, 0.2) is 0 Å². The van der Waals surface area contributed by atoms with Gasteiger partial charge in [0.2, 0.25) is 5.91 Å². The van der Waals surface area contributed by atoms with Crippen LogP contribution in [0.5, 0.6) is 0 Å². The second-order valence-corrected chi connectivity index (χ2v) is 5.56. The molecule has 1 fully saturated rings. The van der Waals surface area contributed by atoms with E-state index < -0.39 is 17.6 Å². The third kappa shape index (κ3) is 3.86. The SMILES string of the molecule is CC(C)C[C@H](CN)CC(=O)NC1(C(F)(F)F)CC1. The molecule has 0 aromatic carbocycles. The first-order chi connectivity index (χ1) is 8.20. The van der Waals surface area contributed by atoms with E-state index in [9.17, 15) is 18.0 Å². The van der Waals surface area contributed by atoms with Gasteiger partial charge in [0.05, 0.1) is 0 Å². The van der Waals surface area contributed by atoms with E-state index in [1.54, 1.807) is 0 Å². The van der Waals surface area contributed by atoms with Crippen molar-refractivity contribution in [3.8, 4) is 0 Å². The van der Waals surface area contributed by atoms with Gasteiger partial charge in [-0.05, 0) is 37.6 Å². The average molecular weight is 266 g/mol. The molecular formula is C12H21F3N2O. The van der Waals surface area contributed by atoms with Crippen LogP contribution < -0.4 is 11.1 Å². The Bertz CT molecular complexity index is 298. The molecule has 0 bridgehead atoms. The second kappa shape index (κ2) is 5.47. The van der Waals surface area contributed by atoms with Gasteiger partial charge in [0.25, 0.3) is 0 Å². The zero-order chi connectivity index (χ0) is 14.0. The molecule has 0 aromatic rings. The lowest BCUT2D eigenvalue weighted by Gasteiger charge is -2.23. The van der Waals surface area contributed by atoms with Crippen molar-refractivity contribution in [3.63, 3.8) is 0 Å². The third-order valence-electron chi connectivity index (χ3n) is 3.28. The van der Waals surface area contributed by atoms with Crippen molar-refractivity contribution in [2.24, 2.45) is 17.6 Å². The molecule has 18 heavy (non-hydrogen) atoms. The van der Waals surface area contributed by atoms with Gasteiger partial charge in [0.1, 0.15) is 5.54 Å². The van der Waals surface area contributed by atoms with Crippen LogP contribution in [-0.2, 0) is 4.79 Å². The van der Waals surface area contributed by atoms with Gasteiger partial charge in [-0.2, -0.15) is 13.2 Å². The number of nitrogens with one attached hydrogen (secondary N) is 1. The maximum atomic E-state index is 12.6. The summed E-state index contributed by atoms with van der Waals surface area (Å²) in [5.74, 6) is -0.209. The van der Waals surface area contributed by atoms with E-state index in [0.29, 0.717) is 12.5 Å². The maximum Gasteiger partial charge on any atom is 0.411 e. The summed E-state index contributed by atoms with van der Waals surface area (Å²) in [6, 6.07) is 0. The molecule has 1 rings (SSSR count). The van der Waals surface area contributed by atoms with Crippen LogP contribution >= 0.6 is 0 Å². The molecule has 1 atom stereocenters. The van der Waals surface area contributed by atoms with Crippen molar-refractivity contribution in [2.45, 2.75) is 51.2 Å². The summed E-state index contributed by atoms with van der Waals surface area (Å²) in [5, 5.41) is 2.13. The van der Waals surface area contributed by atoms with Crippen LogP contribution in [0.2, 0.25) is 0 Å². The lowest BCUT2D eigenvalue weighted by atomic mass is 9.94. The van der Waals surface area contributed by atoms with Gasteiger partial charge in [0.15, 0.2) is 0 Å². The van der Waals surface area contributed by atoms with Crippen LogP contribution in [0.25, 0.3) is 0 Å². The van der Waals surface area contributed by atoms with Gasteiger partial charge < -0.3 is 11.1 Å². The number of hydrogen-bond acceptors (Lipinski definition) is 2. The summed E-state index contributed by atoms with van der Waals surface area (Å²) in [7, 11) is 0. The zero-order valence-electron chi connectivity index (χ0n) is 10.8. The molecule has 0 heterocycles. The Morgan fingerprint density at radius 1 is 1.39 bits per heavy atom. The number of carbonyl (C=O) groups excluding carboxylic acids is 1. The topological polar surface area (TPSA) is 55.1 Å². The van der Waals surface area contributed by atoms with Crippen LogP contribution in [-0.4, -0.2) is 24.2 Å². The smallest absolute Gasteiger partial charge is 0.342 e. The van der Waals surface area contributed by atoms with Gasteiger partial charge in [0, 0.05) is 6.42 Å². The molecule has 3 N–H and O–H groups in total. The highest BCUT2D eigenvalue weighted by Gasteiger charge is 2.64. The summed E-state index contributed by atoms with van der Waals surface area (Å²) >= 11 is 0. The minimum Gasteiger partial charge on any atom is -0.342 e. The maximum absolute atomic E-state index is 12.6. The quantitative estimate of drug-likeness (QED) is 0.774. The van der Waals surface area contributed by atoms with Crippen molar-refractivity contribution in [2.75, 3.05) is 6.54 Å². The fourth-order valence-corrected chi connectivity index (χ4v) is 2.11. The molecule has 0 aliphatic heterocycles. The highest BCUT2D eigenvalue weighted by atomic mass is 19.4. The summed E-state index contributed by atoms with van der Waals surface area (Å²) < 4.78 is 37.9. The zero-order valence-corrected chi connectivity index (χ0v) is 10.8. The van der Waals surface area contributed by atoms with Crippen LogP contribution in [0.1, 0.15) is 39.5 Å². The Labute approximate surface area is 105 Å². The number of alkyl halides is 3. The normalized spacial score (nSPS) is 19.7. The molecule has 1 aliphatic carbocycles. The fraction of sp³-hybridized carbons (Fsp3) is 0.917. The molecule has 1 saturated carbocycles. The number of amides is 1. The summed E-state index contributed by atoms with van der Waals surface area (Å²) in [6.07, 6.45) is -3.55. The van der Waals surface area contributed by atoms with Crippen molar-refractivity contribution >= 4 is 5.91 Å². The number of hydrogen-bond donors (Lipinski definition) is 2. The number of nitrogens with two attached hydrogens (primary N) is 1. The summed E-state index contributed by atoms with van der Waals surface area (Å²) in [6.45, 7) is 4.32. The van der Waals surface area contributed by atoms with E-state index in [1.807, 2.05) is 13.8 Å². The fourth-order valence-electron chi connectivity index (χ4n) is 2.11. The Morgan fingerprint density at radius 3 is 2.28 bits per heavy atom. The molecular weight excluding hydrogens is 245 g/mol. The van der Waals surface area contributed by atoms with Crippen LogP contribution in [0, 0.1) is 11.8 Å². The highest BCUT2D eigenvalue weighted by Crippen LogP contribution is 2.48. The first kappa shape index (κ1) is 15.3. The van der Waals surface area contributed by atoms with Crippen molar-refractivity contribution in [1.82, 2.24) is 5.32 Å². The standard InChI is InChI=1S/C12H21F3N2O/c1-8(2)5-9(7-16)6-10(18)17-11(3-4-11)12(13,14)15/h8-9H,3-7,16H2,1-2H3,(H,17,18)/t9-/m0/s1. The molecule has 0 unspecified atom stereocenters. The van der Waals surface area contributed by atoms with Gasteiger partial charge in [-0.15, -0.1) is 0 Å². The van der Waals surface area contributed by atoms with E-state index in [-0.39, 0.29) is 25.2 Å². The first-order valence-corrected chi connectivity index (χ1v) is 6.28. The van der Waals surface area contributed by atoms with Gasteiger partial charge >= 0.3 is 6.18 Å². The molecule has 6 heteroatoms. The summed E-state index contributed by atoms with van der Waals surface area (Å²) in [4.78, 5) is 11.6. The molecule has 0 aromatic heterocycles. The Kier molecular flexibility index (Phi) is 4.64.